The molecule has 0 unspecified atom stereocenters. The maximum absolute atomic E-state index is 13.5. The van der Waals surface area contributed by atoms with Crippen LogP contribution >= 0.6 is 0 Å². The van der Waals surface area contributed by atoms with Crippen molar-refractivity contribution in [2.24, 2.45) is 11.8 Å². The third kappa shape index (κ3) is 6.15. The van der Waals surface area contributed by atoms with Gasteiger partial charge >= 0.3 is 6.09 Å². The maximum Gasteiger partial charge on any atom is 0.416 e. The first-order valence-electron chi connectivity index (χ1n) is 13.1. The average molecular weight is 493 g/mol. The lowest BCUT2D eigenvalue weighted by Crippen LogP contribution is -2.37. The van der Waals surface area contributed by atoms with Crippen molar-refractivity contribution in [3.05, 3.63) is 47.9 Å². The smallest absolute Gasteiger partial charge is 0.416 e. The summed E-state index contributed by atoms with van der Waals surface area (Å²) in [7, 11) is 0. The Bertz CT molecular complexity index is 1170. The van der Waals surface area contributed by atoms with Crippen LogP contribution in [0.5, 0.6) is 0 Å². The molecule has 8 nitrogen and oxygen atoms in total. The molecule has 0 radical (unpaired) electrons. The van der Waals surface area contributed by atoms with Crippen molar-refractivity contribution in [3.8, 4) is 0 Å². The minimum Gasteiger partial charge on any atom is -0.443 e. The standard InChI is InChI=1S/C28H40N6O2/c1-19(2)23-17-31-34-25(15-24(32-26(23)34)30-16-22-10-8-7-9-20(22)3)33(27(35)36-28(4,5)6)18-21-11-13-29-14-12-21/h11-15,17,19-20,22H,7-10,16,18H2,1-6H3,(H,30,32)/t20-,22+/m0/s1. The van der Waals surface area contributed by atoms with Crippen molar-refractivity contribution in [2.45, 2.75) is 85.3 Å². The van der Waals surface area contributed by atoms with E-state index in [1.54, 1.807) is 21.8 Å². The number of carbonyl (C=O) groups is 1. The molecule has 0 aromatic carbocycles. The van der Waals surface area contributed by atoms with Crippen molar-refractivity contribution >= 4 is 23.4 Å². The van der Waals surface area contributed by atoms with Crippen LogP contribution < -0.4 is 10.2 Å². The summed E-state index contributed by atoms with van der Waals surface area (Å²) >= 11 is 0. The first-order chi connectivity index (χ1) is 17.1. The van der Waals surface area contributed by atoms with E-state index in [2.05, 4.69) is 36.2 Å². The predicted octanol–water partition coefficient (Wildman–Crippen LogP) is 6.43. The van der Waals surface area contributed by atoms with Gasteiger partial charge in [-0.3, -0.25) is 9.88 Å². The van der Waals surface area contributed by atoms with Crippen LogP contribution in [-0.4, -0.2) is 37.8 Å². The Labute approximate surface area is 214 Å². The summed E-state index contributed by atoms with van der Waals surface area (Å²) in [6, 6.07) is 5.73. The molecule has 8 heteroatoms. The lowest BCUT2D eigenvalue weighted by molar-refractivity contribution is 0.0575. The maximum atomic E-state index is 13.5. The molecule has 1 fully saturated rings. The van der Waals surface area contributed by atoms with E-state index in [0.717, 1.165) is 29.1 Å². The van der Waals surface area contributed by atoms with Gasteiger partial charge in [-0.25, -0.2) is 9.78 Å². The molecule has 3 aromatic heterocycles. The van der Waals surface area contributed by atoms with Gasteiger partial charge in [0.25, 0.3) is 0 Å². The Morgan fingerprint density at radius 3 is 2.61 bits per heavy atom. The second-order valence-corrected chi connectivity index (χ2v) is 11.3. The number of pyridine rings is 1. The molecule has 1 aliphatic rings. The summed E-state index contributed by atoms with van der Waals surface area (Å²) in [6.07, 6.45) is 10.00. The second-order valence-electron chi connectivity index (χ2n) is 11.3. The molecule has 0 aliphatic heterocycles. The summed E-state index contributed by atoms with van der Waals surface area (Å²) in [6.45, 7) is 13.4. The van der Waals surface area contributed by atoms with E-state index in [1.165, 1.54) is 25.7 Å². The number of ether oxygens (including phenoxy) is 1. The third-order valence-corrected chi connectivity index (χ3v) is 6.92. The molecular formula is C28H40N6O2. The minimum atomic E-state index is -0.634. The molecule has 1 N–H and O–H groups in total. The quantitative estimate of drug-likeness (QED) is 0.409. The number of amides is 1. The normalized spacial score (nSPS) is 18.4. The van der Waals surface area contributed by atoms with Crippen LogP contribution in [0.15, 0.2) is 36.8 Å². The van der Waals surface area contributed by atoms with E-state index in [0.29, 0.717) is 24.2 Å². The van der Waals surface area contributed by atoms with Crippen LogP contribution in [0.4, 0.5) is 16.4 Å². The zero-order chi connectivity index (χ0) is 25.9. The van der Waals surface area contributed by atoms with Crippen LogP contribution in [0.1, 0.15) is 84.3 Å². The van der Waals surface area contributed by atoms with Crippen molar-refractivity contribution < 1.29 is 9.53 Å². The summed E-state index contributed by atoms with van der Waals surface area (Å²) in [5.74, 6) is 2.93. The van der Waals surface area contributed by atoms with E-state index >= 15 is 0 Å². The average Bonchev–Trinajstić information content (AvgIpc) is 3.25. The van der Waals surface area contributed by atoms with Crippen molar-refractivity contribution in [2.75, 3.05) is 16.8 Å². The Balaban J connectivity index is 1.76. The molecule has 3 aromatic rings. The number of fused-ring (bicyclic) bond motifs is 1. The largest absolute Gasteiger partial charge is 0.443 e. The molecule has 3 heterocycles. The van der Waals surface area contributed by atoms with Gasteiger partial charge in [0.1, 0.15) is 17.2 Å². The highest BCUT2D eigenvalue weighted by Crippen LogP contribution is 2.31. The first-order valence-corrected chi connectivity index (χ1v) is 13.1. The number of anilines is 2. The number of hydrogen-bond acceptors (Lipinski definition) is 6. The lowest BCUT2D eigenvalue weighted by Gasteiger charge is -2.30. The second kappa shape index (κ2) is 10.8. The summed E-state index contributed by atoms with van der Waals surface area (Å²) in [5.41, 5.74) is 2.11. The van der Waals surface area contributed by atoms with Crippen LogP contribution in [0.2, 0.25) is 0 Å². The molecule has 2 atom stereocenters. The number of nitrogens with one attached hydrogen (secondary N) is 1. The molecule has 1 amide bonds. The molecule has 4 rings (SSSR count). The lowest BCUT2D eigenvalue weighted by atomic mass is 9.80. The highest BCUT2D eigenvalue weighted by atomic mass is 16.6. The van der Waals surface area contributed by atoms with Gasteiger partial charge in [-0.15, -0.1) is 0 Å². The zero-order valence-electron chi connectivity index (χ0n) is 22.5. The van der Waals surface area contributed by atoms with Gasteiger partial charge < -0.3 is 10.1 Å². The Morgan fingerprint density at radius 1 is 1.22 bits per heavy atom. The monoisotopic (exact) mass is 492 g/mol. The van der Waals surface area contributed by atoms with Gasteiger partial charge in [-0.2, -0.15) is 9.61 Å². The van der Waals surface area contributed by atoms with Crippen LogP contribution in [0.25, 0.3) is 5.65 Å². The van der Waals surface area contributed by atoms with Crippen LogP contribution in [0, 0.1) is 11.8 Å². The summed E-state index contributed by atoms with van der Waals surface area (Å²) in [4.78, 5) is 24.2. The number of rotatable bonds is 7. The highest BCUT2D eigenvalue weighted by molar-refractivity contribution is 5.88. The van der Waals surface area contributed by atoms with E-state index in [1.807, 2.05) is 45.2 Å². The van der Waals surface area contributed by atoms with Crippen molar-refractivity contribution in [1.82, 2.24) is 19.6 Å². The Hall–Kier alpha value is -3.16. The summed E-state index contributed by atoms with van der Waals surface area (Å²) < 4.78 is 7.59. The molecule has 1 aliphatic carbocycles. The fourth-order valence-corrected chi connectivity index (χ4v) is 4.81. The molecule has 0 spiro atoms. The fraction of sp³-hybridized carbons (Fsp3) is 0.571. The number of hydrogen-bond donors (Lipinski definition) is 1. The molecule has 0 bridgehead atoms. The summed E-state index contributed by atoms with van der Waals surface area (Å²) in [5, 5.41) is 8.25. The van der Waals surface area contributed by atoms with E-state index in [4.69, 9.17) is 9.72 Å². The zero-order valence-corrected chi connectivity index (χ0v) is 22.5. The fourth-order valence-electron chi connectivity index (χ4n) is 4.81. The minimum absolute atomic E-state index is 0.242. The van der Waals surface area contributed by atoms with Crippen LogP contribution in [-0.2, 0) is 11.3 Å². The van der Waals surface area contributed by atoms with E-state index < -0.39 is 11.7 Å². The van der Waals surface area contributed by atoms with Gasteiger partial charge in [-0.05, 0) is 62.6 Å². The molecular weight excluding hydrogens is 452 g/mol. The van der Waals surface area contributed by atoms with Gasteiger partial charge in [-0.1, -0.05) is 40.0 Å². The van der Waals surface area contributed by atoms with Crippen LogP contribution in [0.3, 0.4) is 0 Å². The van der Waals surface area contributed by atoms with Crippen molar-refractivity contribution in [1.29, 1.82) is 0 Å². The molecule has 36 heavy (non-hydrogen) atoms. The van der Waals surface area contributed by atoms with Gasteiger partial charge in [0, 0.05) is 30.6 Å². The Morgan fingerprint density at radius 2 is 1.94 bits per heavy atom. The van der Waals surface area contributed by atoms with Gasteiger partial charge in [0.15, 0.2) is 5.65 Å². The van der Waals surface area contributed by atoms with E-state index in [-0.39, 0.29) is 5.92 Å². The van der Waals surface area contributed by atoms with Gasteiger partial charge in [0.2, 0.25) is 0 Å². The number of carbonyl (C=O) groups excluding carboxylic acids is 1. The topological polar surface area (TPSA) is 84.7 Å². The van der Waals surface area contributed by atoms with E-state index in [9.17, 15) is 4.79 Å². The first kappa shape index (κ1) is 25.9. The molecule has 1 saturated carbocycles. The predicted molar refractivity (Wildman–Crippen MR) is 143 cm³/mol. The highest BCUT2D eigenvalue weighted by Gasteiger charge is 2.28. The SMILES string of the molecule is CC(C)c1cnn2c(N(Cc3ccncc3)C(=O)OC(C)(C)C)cc(NC[C@H]3CCCC[C@@H]3C)nc12. The number of nitrogens with zero attached hydrogens (tertiary/aromatic N) is 5. The van der Waals surface area contributed by atoms with Crippen molar-refractivity contribution in [3.63, 3.8) is 0 Å². The molecule has 0 saturated heterocycles. The Kier molecular flexibility index (Phi) is 7.81. The molecule has 194 valence electrons. The number of aromatic nitrogens is 4. The third-order valence-electron chi connectivity index (χ3n) is 6.92. The van der Waals surface area contributed by atoms with Gasteiger partial charge in [0.05, 0.1) is 12.7 Å².